The van der Waals surface area contributed by atoms with Crippen LogP contribution in [0.1, 0.15) is 39.0 Å². The topological polar surface area (TPSA) is 75.4 Å². The average Bonchev–Trinajstić information content (AvgIpc) is 2.39. The van der Waals surface area contributed by atoms with Gasteiger partial charge in [-0.3, -0.25) is 9.59 Å². The van der Waals surface area contributed by atoms with Crippen molar-refractivity contribution in [1.82, 2.24) is 10.2 Å². The molecule has 1 rings (SSSR count). The van der Waals surface area contributed by atoms with Gasteiger partial charge in [-0.05, 0) is 32.2 Å². The van der Waals surface area contributed by atoms with Gasteiger partial charge in [-0.1, -0.05) is 6.92 Å². The molecule has 1 unspecified atom stereocenters. The van der Waals surface area contributed by atoms with Crippen molar-refractivity contribution in [3.8, 4) is 0 Å². The second-order valence-corrected chi connectivity index (χ2v) is 4.86. The Labute approximate surface area is 121 Å². The number of hydrogen-bond acceptors (Lipinski definition) is 3. The Balaban J connectivity index is 0.00000324. The molecule has 1 fully saturated rings. The standard InChI is InChI=1S/C13H25N3O2.ClH/c1-2-5-12(17)16-9-3-6-11(10-16)13(18)15-8-4-7-14;/h11H,2-10,14H2,1H3,(H,15,18);1H. The van der Waals surface area contributed by atoms with Crippen LogP contribution in [0.2, 0.25) is 0 Å². The van der Waals surface area contributed by atoms with E-state index in [4.69, 9.17) is 5.73 Å². The molecule has 0 aliphatic carbocycles. The van der Waals surface area contributed by atoms with E-state index in [1.165, 1.54) is 0 Å². The van der Waals surface area contributed by atoms with Gasteiger partial charge in [-0.2, -0.15) is 0 Å². The summed E-state index contributed by atoms with van der Waals surface area (Å²) in [6.07, 6.45) is 4.05. The SMILES string of the molecule is CCCC(=O)N1CCCC(C(=O)NCCCN)C1.Cl. The van der Waals surface area contributed by atoms with Crippen LogP contribution in [0.4, 0.5) is 0 Å². The molecule has 0 bridgehead atoms. The summed E-state index contributed by atoms with van der Waals surface area (Å²) < 4.78 is 0. The van der Waals surface area contributed by atoms with Gasteiger partial charge in [0.25, 0.3) is 0 Å². The maximum absolute atomic E-state index is 11.9. The number of carbonyl (C=O) groups excluding carboxylic acids is 2. The number of hydrogen-bond donors (Lipinski definition) is 2. The number of nitrogens with one attached hydrogen (secondary N) is 1. The molecule has 0 aromatic rings. The number of likely N-dealkylation sites (tertiary alicyclic amines) is 1. The van der Waals surface area contributed by atoms with Crippen LogP contribution in [0.25, 0.3) is 0 Å². The molecular weight excluding hydrogens is 266 g/mol. The molecule has 0 aromatic heterocycles. The highest BCUT2D eigenvalue weighted by Crippen LogP contribution is 2.17. The van der Waals surface area contributed by atoms with Gasteiger partial charge in [0, 0.05) is 26.1 Å². The lowest BCUT2D eigenvalue weighted by Crippen LogP contribution is -2.45. The number of rotatable bonds is 6. The van der Waals surface area contributed by atoms with Gasteiger partial charge in [0.15, 0.2) is 0 Å². The van der Waals surface area contributed by atoms with Crippen molar-refractivity contribution in [2.75, 3.05) is 26.2 Å². The van der Waals surface area contributed by atoms with Gasteiger partial charge in [0.2, 0.25) is 11.8 Å². The number of piperidine rings is 1. The minimum atomic E-state index is -0.0441. The van der Waals surface area contributed by atoms with Crippen LogP contribution < -0.4 is 11.1 Å². The fourth-order valence-electron chi connectivity index (χ4n) is 2.25. The quantitative estimate of drug-likeness (QED) is 0.714. The summed E-state index contributed by atoms with van der Waals surface area (Å²) in [5, 5.41) is 2.89. The first-order valence-corrected chi connectivity index (χ1v) is 6.94. The van der Waals surface area contributed by atoms with E-state index >= 15 is 0 Å². The number of amides is 2. The van der Waals surface area contributed by atoms with E-state index in [2.05, 4.69) is 5.32 Å². The number of nitrogens with zero attached hydrogens (tertiary/aromatic N) is 1. The monoisotopic (exact) mass is 291 g/mol. The summed E-state index contributed by atoms with van der Waals surface area (Å²) in [4.78, 5) is 25.5. The lowest BCUT2D eigenvalue weighted by atomic mass is 9.96. The second-order valence-electron chi connectivity index (χ2n) is 4.86. The predicted molar refractivity (Wildman–Crippen MR) is 78.1 cm³/mol. The van der Waals surface area contributed by atoms with Crippen molar-refractivity contribution in [2.45, 2.75) is 39.0 Å². The lowest BCUT2D eigenvalue weighted by Gasteiger charge is -2.32. The third-order valence-electron chi connectivity index (χ3n) is 3.29. The third kappa shape index (κ3) is 6.25. The first kappa shape index (κ1) is 18.2. The normalized spacial score (nSPS) is 18.6. The fraction of sp³-hybridized carbons (Fsp3) is 0.846. The smallest absolute Gasteiger partial charge is 0.224 e. The molecule has 1 saturated heterocycles. The number of nitrogens with two attached hydrogens (primary N) is 1. The molecule has 1 aliphatic rings. The van der Waals surface area contributed by atoms with Gasteiger partial charge < -0.3 is 16.0 Å². The van der Waals surface area contributed by atoms with Crippen LogP contribution in [0.15, 0.2) is 0 Å². The van der Waals surface area contributed by atoms with Crippen molar-refractivity contribution in [3.05, 3.63) is 0 Å². The van der Waals surface area contributed by atoms with Crippen LogP contribution in [-0.2, 0) is 9.59 Å². The summed E-state index contributed by atoms with van der Waals surface area (Å²) in [6.45, 7) is 4.60. The Morgan fingerprint density at radius 2 is 2.16 bits per heavy atom. The maximum Gasteiger partial charge on any atom is 0.224 e. The Kier molecular flexibility index (Phi) is 9.61. The van der Waals surface area contributed by atoms with E-state index in [-0.39, 0.29) is 30.1 Å². The molecule has 1 atom stereocenters. The predicted octanol–water partition coefficient (Wildman–Crippen LogP) is 0.912. The third-order valence-corrected chi connectivity index (χ3v) is 3.29. The Morgan fingerprint density at radius 3 is 2.79 bits per heavy atom. The van der Waals surface area contributed by atoms with E-state index in [1.54, 1.807) is 0 Å². The highest BCUT2D eigenvalue weighted by atomic mass is 35.5. The molecule has 2 amide bonds. The molecule has 5 nitrogen and oxygen atoms in total. The molecule has 0 spiro atoms. The molecule has 1 heterocycles. The summed E-state index contributed by atoms with van der Waals surface area (Å²) in [7, 11) is 0. The summed E-state index contributed by atoms with van der Waals surface area (Å²) in [5.41, 5.74) is 5.38. The van der Waals surface area contributed by atoms with Crippen LogP contribution in [0, 0.1) is 5.92 Å². The molecule has 3 N–H and O–H groups in total. The molecular formula is C13H26ClN3O2. The van der Waals surface area contributed by atoms with E-state index in [9.17, 15) is 9.59 Å². The van der Waals surface area contributed by atoms with E-state index < -0.39 is 0 Å². The van der Waals surface area contributed by atoms with E-state index in [1.807, 2.05) is 11.8 Å². The summed E-state index contributed by atoms with van der Waals surface area (Å²) in [5.74, 6) is 0.201. The summed E-state index contributed by atoms with van der Waals surface area (Å²) in [6, 6.07) is 0. The molecule has 19 heavy (non-hydrogen) atoms. The first-order valence-electron chi connectivity index (χ1n) is 6.94. The van der Waals surface area contributed by atoms with Gasteiger partial charge in [0.1, 0.15) is 0 Å². The molecule has 0 radical (unpaired) electrons. The zero-order valence-corrected chi connectivity index (χ0v) is 12.5. The van der Waals surface area contributed by atoms with Crippen molar-refractivity contribution in [2.24, 2.45) is 11.7 Å². The molecule has 112 valence electrons. The van der Waals surface area contributed by atoms with Crippen LogP contribution in [-0.4, -0.2) is 42.9 Å². The van der Waals surface area contributed by atoms with Crippen molar-refractivity contribution in [1.29, 1.82) is 0 Å². The largest absolute Gasteiger partial charge is 0.356 e. The van der Waals surface area contributed by atoms with Gasteiger partial charge in [-0.15, -0.1) is 12.4 Å². The molecule has 0 saturated carbocycles. The lowest BCUT2D eigenvalue weighted by molar-refractivity contribution is -0.135. The molecule has 0 aromatic carbocycles. The van der Waals surface area contributed by atoms with Gasteiger partial charge in [0.05, 0.1) is 5.92 Å². The van der Waals surface area contributed by atoms with Gasteiger partial charge >= 0.3 is 0 Å². The Hall–Kier alpha value is -0.810. The zero-order valence-electron chi connectivity index (χ0n) is 11.7. The van der Waals surface area contributed by atoms with Crippen molar-refractivity contribution in [3.63, 3.8) is 0 Å². The Bertz CT molecular complexity index is 287. The fourth-order valence-corrected chi connectivity index (χ4v) is 2.25. The van der Waals surface area contributed by atoms with Crippen molar-refractivity contribution >= 4 is 24.2 Å². The maximum atomic E-state index is 11.9. The van der Waals surface area contributed by atoms with Crippen LogP contribution in [0.5, 0.6) is 0 Å². The zero-order chi connectivity index (χ0) is 13.4. The number of halogens is 1. The van der Waals surface area contributed by atoms with E-state index in [0.29, 0.717) is 26.1 Å². The van der Waals surface area contributed by atoms with Crippen molar-refractivity contribution < 1.29 is 9.59 Å². The average molecular weight is 292 g/mol. The first-order chi connectivity index (χ1) is 8.69. The van der Waals surface area contributed by atoms with E-state index in [0.717, 1.165) is 32.2 Å². The Morgan fingerprint density at radius 1 is 1.42 bits per heavy atom. The van der Waals surface area contributed by atoms with Crippen LogP contribution in [0.3, 0.4) is 0 Å². The van der Waals surface area contributed by atoms with Crippen LogP contribution >= 0.6 is 12.4 Å². The number of carbonyl (C=O) groups is 2. The summed E-state index contributed by atoms with van der Waals surface area (Å²) >= 11 is 0. The van der Waals surface area contributed by atoms with Gasteiger partial charge in [-0.25, -0.2) is 0 Å². The highest BCUT2D eigenvalue weighted by molar-refractivity contribution is 5.85. The second kappa shape index (κ2) is 10.0. The molecule has 6 heteroatoms. The minimum Gasteiger partial charge on any atom is -0.356 e. The highest BCUT2D eigenvalue weighted by Gasteiger charge is 2.27. The minimum absolute atomic E-state index is 0. The molecule has 1 aliphatic heterocycles.